The number of benzene rings is 3. The molecule has 1 atom stereocenters. The molecule has 7 heteroatoms. The molecule has 0 fully saturated rings. The Morgan fingerprint density at radius 1 is 0.871 bits per heavy atom. The third-order valence-electron chi connectivity index (χ3n) is 4.96. The fraction of sp³-hybridized carbons (Fsp3) is 0.208. The fourth-order valence-corrected chi connectivity index (χ4v) is 3.25. The zero-order chi connectivity index (χ0) is 22.2. The molecule has 1 amide bonds. The van der Waals surface area contributed by atoms with Crippen LogP contribution in [0, 0.1) is 10.1 Å². The summed E-state index contributed by atoms with van der Waals surface area (Å²) in [5.74, 6) is 1.35. The lowest BCUT2D eigenvalue weighted by atomic mass is 9.98. The van der Waals surface area contributed by atoms with Crippen LogP contribution in [0.1, 0.15) is 22.7 Å². The molecule has 0 heterocycles. The third kappa shape index (κ3) is 6.05. The van der Waals surface area contributed by atoms with Gasteiger partial charge in [0, 0.05) is 12.1 Å². The summed E-state index contributed by atoms with van der Waals surface area (Å²) >= 11 is 0. The number of nitrogens with one attached hydrogen (secondary N) is 1. The number of nitro groups is 1. The molecule has 31 heavy (non-hydrogen) atoms. The van der Waals surface area contributed by atoms with Gasteiger partial charge < -0.3 is 14.8 Å². The highest BCUT2D eigenvalue weighted by atomic mass is 16.6. The Bertz CT molecular complexity index is 1020. The SMILES string of the molecule is COc1ccc(C[C@@H](NC(=O)Cc2ccc([N+](=O)[O-])cc2)c2ccc(OC)cc2)cc1. The second kappa shape index (κ2) is 10.2. The number of hydrogen-bond donors (Lipinski definition) is 1. The number of carbonyl (C=O) groups excluding carboxylic acids is 1. The smallest absolute Gasteiger partial charge is 0.269 e. The van der Waals surface area contributed by atoms with Gasteiger partial charge in [-0.3, -0.25) is 14.9 Å². The first-order valence-electron chi connectivity index (χ1n) is 9.78. The number of nitro benzene ring substituents is 1. The summed E-state index contributed by atoms with van der Waals surface area (Å²) in [6, 6.07) is 21.1. The van der Waals surface area contributed by atoms with Gasteiger partial charge in [-0.25, -0.2) is 0 Å². The molecule has 3 aromatic rings. The van der Waals surface area contributed by atoms with Crippen molar-refractivity contribution in [2.45, 2.75) is 18.9 Å². The molecule has 0 aromatic heterocycles. The van der Waals surface area contributed by atoms with E-state index in [1.807, 2.05) is 48.5 Å². The lowest BCUT2D eigenvalue weighted by Crippen LogP contribution is -2.31. The average Bonchev–Trinajstić information content (AvgIpc) is 2.79. The maximum Gasteiger partial charge on any atom is 0.269 e. The summed E-state index contributed by atoms with van der Waals surface area (Å²) in [7, 11) is 3.23. The minimum Gasteiger partial charge on any atom is -0.497 e. The molecule has 3 aromatic carbocycles. The van der Waals surface area contributed by atoms with Crippen LogP contribution in [0.2, 0.25) is 0 Å². The van der Waals surface area contributed by atoms with Crippen molar-refractivity contribution < 1.29 is 19.2 Å². The lowest BCUT2D eigenvalue weighted by Gasteiger charge is -2.20. The van der Waals surface area contributed by atoms with E-state index in [9.17, 15) is 14.9 Å². The summed E-state index contributed by atoms with van der Waals surface area (Å²) in [6.07, 6.45) is 0.732. The normalized spacial score (nSPS) is 11.4. The second-order valence-corrected chi connectivity index (χ2v) is 7.05. The van der Waals surface area contributed by atoms with Crippen molar-refractivity contribution in [1.29, 1.82) is 0 Å². The van der Waals surface area contributed by atoms with E-state index in [2.05, 4.69) is 5.32 Å². The number of carbonyl (C=O) groups is 1. The number of amides is 1. The lowest BCUT2D eigenvalue weighted by molar-refractivity contribution is -0.384. The molecular weight excluding hydrogens is 396 g/mol. The maximum atomic E-state index is 12.7. The molecule has 3 rings (SSSR count). The quantitative estimate of drug-likeness (QED) is 0.413. The van der Waals surface area contributed by atoms with Crippen molar-refractivity contribution in [2.75, 3.05) is 14.2 Å². The second-order valence-electron chi connectivity index (χ2n) is 7.05. The van der Waals surface area contributed by atoms with Crippen molar-refractivity contribution in [3.8, 4) is 11.5 Å². The van der Waals surface area contributed by atoms with Crippen molar-refractivity contribution in [1.82, 2.24) is 5.32 Å². The Hall–Kier alpha value is -3.87. The summed E-state index contributed by atoms with van der Waals surface area (Å²) in [5, 5.41) is 13.9. The predicted octanol–water partition coefficient (Wildman–Crippen LogP) is 4.25. The van der Waals surface area contributed by atoms with Gasteiger partial charge in [0.05, 0.1) is 31.6 Å². The van der Waals surface area contributed by atoms with Crippen molar-refractivity contribution >= 4 is 11.6 Å². The van der Waals surface area contributed by atoms with E-state index in [1.54, 1.807) is 26.4 Å². The van der Waals surface area contributed by atoms with Crippen LogP contribution < -0.4 is 14.8 Å². The van der Waals surface area contributed by atoms with Crippen molar-refractivity contribution in [3.63, 3.8) is 0 Å². The van der Waals surface area contributed by atoms with Crippen LogP contribution in [0.4, 0.5) is 5.69 Å². The Morgan fingerprint density at radius 2 is 1.39 bits per heavy atom. The van der Waals surface area contributed by atoms with Gasteiger partial charge in [0.2, 0.25) is 5.91 Å². The molecule has 0 saturated carbocycles. The van der Waals surface area contributed by atoms with Crippen molar-refractivity contribution in [2.24, 2.45) is 0 Å². The molecule has 0 aliphatic heterocycles. The minimum absolute atomic E-state index is 0.000210. The average molecular weight is 420 g/mol. The van der Waals surface area contributed by atoms with E-state index in [4.69, 9.17) is 9.47 Å². The highest BCUT2D eigenvalue weighted by Gasteiger charge is 2.17. The van der Waals surface area contributed by atoms with Gasteiger partial charge in [0.1, 0.15) is 11.5 Å². The van der Waals surface area contributed by atoms with E-state index in [-0.39, 0.29) is 24.1 Å². The monoisotopic (exact) mass is 420 g/mol. The summed E-state index contributed by atoms with van der Waals surface area (Å²) in [6.45, 7) is 0. The fourth-order valence-electron chi connectivity index (χ4n) is 3.25. The standard InChI is InChI=1S/C24H24N2O5/c1-30-21-11-5-17(6-12-21)15-23(19-7-13-22(31-2)14-8-19)25-24(27)16-18-3-9-20(10-4-18)26(28)29/h3-14,23H,15-16H2,1-2H3,(H,25,27)/t23-/m1/s1. The molecule has 7 nitrogen and oxygen atoms in total. The molecule has 0 aliphatic carbocycles. The highest BCUT2D eigenvalue weighted by molar-refractivity contribution is 5.79. The number of ether oxygens (including phenoxy) is 2. The summed E-state index contributed by atoms with van der Waals surface area (Å²) in [5.41, 5.74) is 2.71. The maximum absolute atomic E-state index is 12.7. The van der Waals surface area contributed by atoms with Crippen LogP contribution in [0.3, 0.4) is 0 Å². The molecule has 160 valence electrons. The van der Waals surface area contributed by atoms with E-state index in [1.165, 1.54) is 12.1 Å². The topological polar surface area (TPSA) is 90.7 Å². The van der Waals surface area contributed by atoms with Crippen LogP contribution in [0.15, 0.2) is 72.8 Å². The summed E-state index contributed by atoms with van der Waals surface area (Å²) in [4.78, 5) is 23.1. The third-order valence-corrected chi connectivity index (χ3v) is 4.96. The van der Waals surface area contributed by atoms with E-state index >= 15 is 0 Å². The minimum atomic E-state index is -0.460. The van der Waals surface area contributed by atoms with E-state index in [0.717, 1.165) is 22.6 Å². The highest BCUT2D eigenvalue weighted by Crippen LogP contribution is 2.23. The first-order valence-corrected chi connectivity index (χ1v) is 9.78. The zero-order valence-corrected chi connectivity index (χ0v) is 17.4. The Balaban J connectivity index is 1.75. The molecule has 1 N–H and O–H groups in total. The van der Waals surface area contributed by atoms with Crippen molar-refractivity contribution in [3.05, 3.63) is 99.6 Å². The van der Waals surface area contributed by atoms with Crippen LogP contribution >= 0.6 is 0 Å². The van der Waals surface area contributed by atoms with Crippen LogP contribution in [-0.2, 0) is 17.6 Å². The molecular formula is C24H24N2O5. The molecule has 0 radical (unpaired) electrons. The van der Waals surface area contributed by atoms with Crippen LogP contribution in [-0.4, -0.2) is 25.1 Å². The molecule has 0 unspecified atom stereocenters. The Kier molecular flexibility index (Phi) is 7.22. The van der Waals surface area contributed by atoms with Gasteiger partial charge in [-0.05, 0) is 47.4 Å². The number of non-ortho nitro benzene ring substituents is 1. The van der Waals surface area contributed by atoms with Gasteiger partial charge in [-0.15, -0.1) is 0 Å². The molecule has 0 bridgehead atoms. The zero-order valence-electron chi connectivity index (χ0n) is 17.4. The van der Waals surface area contributed by atoms with Crippen LogP contribution in [0.5, 0.6) is 11.5 Å². The number of nitrogens with zero attached hydrogens (tertiary/aromatic N) is 1. The van der Waals surface area contributed by atoms with Gasteiger partial charge in [0.25, 0.3) is 5.69 Å². The predicted molar refractivity (Wildman–Crippen MR) is 117 cm³/mol. The Morgan fingerprint density at radius 3 is 1.90 bits per heavy atom. The van der Waals surface area contributed by atoms with E-state index < -0.39 is 4.92 Å². The van der Waals surface area contributed by atoms with Crippen LogP contribution in [0.25, 0.3) is 0 Å². The number of hydrogen-bond acceptors (Lipinski definition) is 5. The molecule has 0 saturated heterocycles. The molecule has 0 aliphatic rings. The Labute approximate surface area is 180 Å². The van der Waals surface area contributed by atoms with Gasteiger partial charge >= 0.3 is 0 Å². The van der Waals surface area contributed by atoms with Gasteiger partial charge in [-0.1, -0.05) is 36.4 Å². The first kappa shape index (κ1) is 21.8. The van der Waals surface area contributed by atoms with Gasteiger partial charge in [0.15, 0.2) is 0 Å². The number of rotatable bonds is 9. The summed E-state index contributed by atoms with van der Waals surface area (Å²) < 4.78 is 10.4. The first-order chi connectivity index (χ1) is 15.0. The molecule has 0 spiro atoms. The van der Waals surface area contributed by atoms with Gasteiger partial charge in [-0.2, -0.15) is 0 Å². The number of methoxy groups -OCH3 is 2. The largest absolute Gasteiger partial charge is 0.497 e. The van der Waals surface area contributed by atoms with E-state index in [0.29, 0.717) is 12.0 Å².